The van der Waals surface area contributed by atoms with Crippen molar-refractivity contribution in [3.05, 3.63) is 35.5 Å². The van der Waals surface area contributed by atoms with Crippen LogP contribution in [-0.2, 0) is 0 Å². The Labute approximate surface area is 119 Å². The molecule has 8 nitrogen and oxygen atoms in total. The fourth-order valence-electron chi connectivity index (χ4n) is 1.78. The number of nitrogen functional groups attached to an aromatic ring is 1. The Morgan fingerprint density at radius 2 is 2.05 bits per heavy atom. The lowest BCUT2D eigenvalue weighted by molar-refractivity contribution is 0.0949. The summed E-state index contributed by atoms with van der Waals surface area (Å²) in [6.45, 7) is 0. The van der Waals surface area contributed by atoms with Crippen molar-refractivity contribution in [1.82, 2.24) is 15.6 Å². The van der Waals surface area contributed by atoms with Crippen LogP contribution in [-0.4, -0.2) is 28.2 Å². The van der Waals surface area contributed by atoms with Gasteiger partial charge in [-0.25, -0.2) is 4.63 Å². The first kappa shape index (κ1) is 13.1. The molecule has 0 atom stereocenters. The van der Waals surface area contributed by atoms with Crippen LogP contribution in [0.15, 0.2) is 28.9 Å². The Bertz CT molecular complexity index is 693. The summed E-state index contributed by atoms with van der Waals surface area (Å²) >= 11 is 0. The van der Waals surface area contributed by atoms with E-state index in [1.54, 1.807) is 24.3 Å². The van der Waals surface area contributed by atoms with E-state index in [0.717, 1.165) is 12.8 Å². The van der Waals surface area contributed by atoms with Gasteiger partial charge < -0.3 is 16.4 Å². The molecule has 1 aliphatic carbocycles. The maximum absolute atomic E-state index is 11.9. The van der Waals surface area contributed by atoms with Crippen LogP contribution < -0.4 is 16.4 Å². The average molecular weight is 287 g/mol. The van der Waals surface area contributed by atoms with Gasteiger partial charge in [0.1, 0.15) is 0 Å². The van der Waals surface area contributed by atoms with E-state index in [1.807, 2.05) is 0 Å². The summed E-state index contributed by atoms with van der Waals surface area (Å²) in [6.07, 6.45) is 2.03. The molecule has 21 heavy (non-hydrogen) atoms. The van der Waals surface area contributed by atoms with Gasteiger partial charge >= 0.3 is 0 Å². The van der Waals surface area contributed by atoms with E-state index in [0.29, 0.717) is 11.3 Å². The number of hydrogen-bond donors (Lipinski definition) is 3. The van der Waals surface area contributed by atoms with Crippen molar-refractivity contribution < 1.29 is 14.2 Å². The molecule has 1 fully saturated rings. The van der Waals surface area contributed by atoms with Gasteiger partial charge in [-0.15, -0.1) is 0 Å². The highest BCUT2D eigenvalue weighted by Gasteiger charge is 2.24. The summed E-state index contributed by atoms with van der Waals surface area (Å²) in [5.41, 5.74) is 6.29. The Morgan fingerprint density at radius 1 is 1.24 bits per heavy atom. The third-order valence-electron chi connectivity index (χ3n) is 3.02. The molecule has 3 rings (SSSR count). The highest BCUT2D eigenvalue weighted by atomic mass is 16.6. The number of benzene rings is 1. The number of nitrogens with two attached hydrogens (primary N) is 1. The minimum atomic E-state index is -0.548. The van der Waals surface area contributed by atoms with Crippen LogP contribution in [0.4, 0.5) is 11.5 Å². The molecule has 2 aromatic rings. The monoisotopic (exact) mass is 287 g/mol. The summed E-state index contributed by atoms with van der Waals surface area (Å²) in [7, 11) is 0. The molecule has 2 amide bonds. The Balaban J connectivity index is 1.72. The molecule has 0 unspecified atom stereocenters. The van der Waals surface area contributed by atoms with Gasteiger partial charge in [0.15, 0.2) is 0 Å². The van der Waals surface area contributed by atoms with Gasteiger partial charge in [0.2, 0.25) is 11.5 Å². The largest absolute Gasteiger partial charge is 0.379 e. The normalized spacial score (nSPS) is 13.7. The zero-order valence-corrected chi connectivity index (χ0v) is 11.0. The molecule has 0 aliphatic heterocycles. The molecule has 0 saturated heterocycles. The van der Waals surface area contributed by atoms with E-state index in [9.17, 15) is 9.59 Å². The number of nitrogens with one attached hydrogen (secondary N) is 2. The molecule has 0 radical (unpaired) electrons. The molecule has 0 bridgehead atoms. The lowest BCUT2D eigenvalue weighted by Gasteiger charge is -2.06. The first-order valence-electron chi connectivity index (χ1n) is 6.44. The minimum absolute atomic E-state index is 0.0878. The van der Waals surface area contributed by atoms with E-state index in [1.165, 1.54) is 0 Å². The number of hydrogen-bond acceptors (Lipinski definition) is 6. The lowest BCUT2D eigenvalue weighted by atomic mass is 10.2. The van der Waals surface area contributed by atoms with Gasteiger partial charge in [-0.1, -0.05) is 6.07 Å². The minimum Gasteiger partial charge on any atom is -0.379 e. The van der Waals surface area contributed by atoms with Crippen LogP contribution in [0, 0.1) is 0 Å². The standard InChI is InChI=1S/C13H13N5O3/c14-11-10(17-21-18-11)13(20)16-9-3-1-2-7(6-9)12(19)15-8-4-5-8/h1-3,6,8H,4-5H2,(H2,14,18)(H,15,19)(H,16,20). The molecule has 8 heteroatoms. The van der Waals surface area contributed by atoms with Crippen molar-refractivity contribution in [2.24, 2.45) is 0 Å². The van der Waals surface area contributed by atoms with Crippen LogP contribution in [0.2, 0.25) is 0 Å². The van der Waals surface area contributed by atoms with Crippen molar-refractivity contribution in [2.45, 2.75) is 18.9 Å². The maximum atomic E-state index is 11.9. The summed E-state index contributed by atoms with van der Waals surface area (Å²) in [5, 5.41) is 12.2. The number of nitrogens with zero attached hydrogens (tertiary/aromatic N) is 2. The maximum Gasteiger partial charge on any atom is 0.281 e. The molecule has 1 saturated carbocycles. The summed E-state index contributed by atoms with van der Waals surface area (Å²) in [5.74, 6) is -0.792. The summed E-state index contributed by atoms with van der Waals surface area (Å²) < 4.78 is 4.37. The van der Waals surface area contributed by atoms with E-state index in [-0.39, 0.29) is 23.5 Å². The Hall–Kier alpha value is -2.90. The first-order valence-corrected chi connectivity index (χ1v) is 6.44. The highest BCUT2D eigenvalue weighted by Crippen LogP contribution is 2.20. The number of aromatic nitrogens is 2. The predicted molar refractivity (Wildman–Crippen MR) is 73.6 cm³/mol. The van der Waals surface area contributed by atoms with Crippen LogP contribution in [0.3, 0.4) is 0 Å². The average Bonchev–Trinajstić information content (AvgIpc) is 3.17. The molecular formula is C13H13N5O3. The second-order valence-electron chi connectivity index (χ2n) is 4.78. The van der Waals surface area contributed by atoms with Crippen LogP contribution in [0.1, 0.15) is 33.7 Å². The van der Waals surface area contributed by atoms with Gasteiger partial charge in [0, 0.05) is 17.3 Å². The smallest absolute Gasteiger partial charge is 0.281 e. The summed E-state index contributed by atoms with van der Waals surface area (Å²) in [6, 6.07) is 6.88. The quantitative estimate of drug-likeness (QED) is 0.764. The van der Waals surface area contributed by atoms with Gasteiger partial charge in [-0.2, -0.15) is 0 Å². The SMILES string of the molecule is Nc1nonc1C(=O)Nc1cccc(C(=O)NC2CC2)c1. The zero-order chi connectivity index (χ0) is 14.8. The van der Waals surface area contributed by atoms with Gasteiger partial charge in [0.05, 0.1) is 0 Å². The first-order chi connectivity index (χ1) is 10.1. The van der Waals surface area contributed by atoms with Crippen LogP contribution in [0.25, 0.3) is 0 Å². The van der Waals surface area contributed by atoms with Crippen molar-refractivity contribution in [3.63, 3.8) is 0 Å². The third kappa shape index (κ3) is 2.99. The number of carbonyl (C=O) groups excluding carboxylic acids is 2. The van der Waals surface area contributed by atoms with Gasteiger partial charge in [0.25, 0.3) is 11.8 Å². The lowest BCUT2D eigenvalue weighted by Crippen LogP contribution is -2.25. The van der Waals surface area contributed by atoms with E-state index < -0.39 is 5.91 Å². The molecule has 4 N–H and O–H groups in total. The summed E-state index contributed by atoms with van der Waals surface area (Å²) in [4.78, 5) is 23.8. The molecule has 0 spiro atoms. The molecule has 1 aromatic carbocycles. The Kier molecular flexibility index (Phi) is 3.27. The molecule has 1 heterocycles. The van der Waals surface area contributed by atoms with Crippen molar-refractivity contribution >= 4 is 23.3 Å². The van der Waals surface area contributed by atoms with Crippen molar-refractivity contribution in [2.75, 3.05) is 11.1 Å². The molecular weight excluding hydrogens is 274 g/mol. The van der Waals surface area contributed by atoms with Crippen molar-refractivity contribution in [3.8, 4) is 0 Å². The number of carbonyl (C=O) groups is 2. The molecule has 108 valence electrons. The zero-order valence-electron chi connectivity index (χ0n) is 11.0. The fourth-order valence-corrected chi connectivity index (χ4v) is 1.78. The van der Waals surface area contributed by atoms with E-state index >= 15 is 0 Å². The van der Waals surface area contributed by atoms with Gasteiger partial charge in [-0.3, -0.25) is 9.59 Å². The second kappa shape index (κ2) is 5.23. The number of amides is 2. The van der Waals surface area contributed by atoms with Crippen molar-refractivity contribution in [1.29, 1.82) is 0 Å². The highest BCUT2D eigenvalue weighted by molar-refractivity contribution is 6.06. The number of anilines is 2. The van der Waals surface area contributed by atoms with Crippen LogP contribution in [0.5, 0.6) is 0 Å². The Morgan fingerprint density at radius 3 is 2.71 bits per heavy atom. The van der Waals surface area contributed by atoms with Gasteiger partial charge in [-0.05, 0) is 41.4 Å². The van der Waals surface area contributed by atoms with Crippen LogP contribution >= 0.6 is 0 Å². The fraction of sp³-hybridized carbons (Fsp3) is 0.231. The molecule has 1 aliphatic rings. The second-order valence-corrected chi connectivity index (χ2v) is 4.78. The molecule has 1 aromatic heterocycles. The number of rotatable bonds is 4. The van der Waals surface area contributed by atoms with E-state index in [2.05, 4.69) is 25.6 Å². The third-order valence-corrected chi connectivity index (χ3v) is 3.02. The van der Waals surface area contributed by atoms with E-state index in [4.69, 9.17) is 5.73 Å². The topological polar surface area (TPSA) is 123 Å². The predicted octanol–water partition coefficient (Wildman–Crippen LogP) is 0.796.